The summed E-state index contributed by atoms with van der Waals surface area (Å²) >= 11 is 0. The predicted octanol–water partition coefficient (Wildman–Crippen LogP) is 1.30. The van der Waals surface area contributed by atoms with Crippen molar-refractivity contribution < 1.29 is 9.32 Å². The van der Waals surface area contributed by atoms with Crippen LogP contribution in [0.25, 0.3) is 0 Å². The maximum atomic E-state index is 12.0. The molecule has 1 fully saturated rings. The van der Waals surface area contributed by atoms with E-state index >= 15 is 0 Å². The van der Waals surface area contributed by atoms with Crippen LogP contribution in [0, 0.1) is 5.41 Å². The molecular formula is C11H18ClN3O2. The van der Waals surface area contributed by atoms with Crippen molar-refractivity contribution in [1.82, 2.24) is 10.1 Å². The Bertz CT molecular complexity index is 378. The highest BCUT2D eigenvalue weighted by atomic mass is 35.5. The Morgan fingerprint density at radius 2 is 2.35 bits per heavy atom. The molecule has 0 saturated carbocycles. The summed E-state index contributed by atoms with van der Waals surface area (Å²) in [5.41, 5.74) is 6.34. The fourth-order valence-corrected chi connectivity index (χ4v) is 2.03. The topological polar surface area (TPSA) is 72.4 Å². The van der Waals surface area contributed by atoms with Gasteiger partial charge in [0.15, 0.2) is 5.69 Å². The van der Waals surface area contributed by atoms with Crippen LogP contribution >= 0.6 is 12.4 Å². The van der Waals surface area contributed by atoms with Crippen LogP contribution in [-0.2, 0) is 0 Å². The molecule has 5 nitrogen and oxygen atoms in total. The Kier molecular flexibility index (Phi) is 4.16. The molecule has 1 aliphatic rings. The minimum Gasteiger partial charge on any atom is -0.364 e. The largest absolute Gasteiger partial charge is 0.364 e. The van der Waals surface area contributed by atoms with Crippen molar-refractivity contribution in [2.45, 2.75) is 26.3 Å². The van der Waals surface area contributed by atoms with Crippen molar-refractivity contribution in [2.24, 2.45) is 11.1 Å². The highest BCUT2D eigenvalue weighted by Gasteiger charge is 2.36. The van der Waals surface area contributed by atoms with Crippen LogP contribution < -0.4 is 5.73 Å². The average Bonchev–Trinajstić information content (AvgIpc) is 2.74. The first-order valence-corrected chi connectivity index (χ1v) is 5.46. The third kappa shape index (κ3) is 2.79. The van der Waals surface area contributed by atoms with E-state index in [1.807, 2.05) is 0 Å². The summed E-state index contributed by atoms with van der Waals surface area (Å²) in [4.78, 5) is 13.8. The number of carbonyl (C=O) groups is 1. The molecule has 0 bridgehead atoms. The zero-order valence-corrected chi connectivity index (χ0v) is 10.9. The Morgan fingerprint density at radius 3 is 2.88 bits per heavy atom. The van der Waals surface area contributed by atoms with Crippen LogP contribution in [-0.4, -0.2) is 35.1 Å². The van der Waals surface area contributed by atoms with Gasteiger partial charge in [-0.15, -0.1) is 12.4 Å². The molecule has 1 amide bonds. The van der Waals surface area contributed by atoms with Crippen molar-refractivity contribution in [3.8, 4) is 0 Å². The molecular weight excluding hydrogens is 242 g/mol. The molecule has 1 unspecified atom stereocenters. The highest BCUT2D eigenvalue weighted by molar-refractivity contribution is 5.92. The van der Waals surface area contributed by atoms with Gasteiger partial charge in [0.05, 0.1) is 0 Å². The van der Waals surface area contributed by atoms with Gasteiger partial charge in [-0.2, -0.15) is 0 Å². The first-order chi connectivity index (χ1) is 7.50. The Labute approximate surface area is 107 Å². The van der Waals surface area contributed by atoms with Gasteiger partial charge in [-0.25, -0.2) is 0 Å². The minimum absolute atomic E-state index is 0. The molecule has 17 heavy (non-hydrogen) atoms. The molecule has 1 atom stereocenters. The normalized spacial score (nSPS) is 23.0. The molecule has 2 rings (SSSR count). The maximum absolute atomic E-state index is 12.0. The second-order valence-electron chi connectivity index (χ2n) is 5.00. The van der Waals surface area contributed by atoms with Gasteiger partial charge >= 0.3 is 0 Å². The first-order valence-electron chi connectivity index (χ1n) is 5.46. The van der Waals surface area contributed by atoms with Gasteiger partial charge in [0, 0.05) is 25.2 Å². The number of carbonyl (C=O) groups excluding carboxylic acids is 1. The summed E-state index contributed by atoms with van der Waals surface area (Å²) in [7, 11) is 0. The van der Waals surface area contributed by atoms with Gasteiger partial charge in [-0.05, 0) is 11.8 Å². The Balaban J connectivity index is 0.00000144. The van der Waals surface area contributed by atoms with Crippen LogP contribution in [0.3, 0.4) is 0 Å². The van der Waals surface area contributed by atoms with Crippen molar-refractivity contribution in [3.63, 3.8) is 0 Å². The van der Waals surface area contributed by atoms with Crippen LogP contribution in [0.15, 0.2) is 16.9 Å². The summed E-state index contributed by atoms with van der Waals surface area (Å²) in [6.07, 6.45) is 2.24. The molecule has 96 valence electrons. The van der Waals surface area contributed by atoms with E-state index < -0.39 is 0 Å². The molecule has 1 aliphatic heterocycles. The summed E-state index contributed by atoms with van der Waals surface area (Å²) in [6.45, 7) is 5.52. The zero-order valence-electron chi connectivity index (χ0n) is 10.0. The minimum atomic E-state index is -0.0753. The molecule has 2 N–H and O–H groups in total. The summed E-state index contributed by atoms with van der Waals surface area (Å²) in [5, 5.41) is 3.66. The molecule has 0 radical (unpaired) electrons. The monoisotopic (exact) mass is 259 g/mol. The van der Waals surface area contributed by atoms with E-state index in [2.05, 4.69) is 23.5 Å². The first kappa shape index (κ1) is 14.0. The number of halogens is 1. The number of nitrogens with zero attached hydrogens (tertiary/aromatic N) is 2. The third-order valence-electron chi connectivity index (χ3n) is 3.26. The molecule has 2 heterocycles. The summed E-state index contributed by atoms with van der Waals surface area (Å²) < 4.78 is 4.68. The quantitative estimate of drug-likeness (QED) is 0.825. The van der Waals surface area contributed by atoms with Gasteiger partial charge in [-0.1, -0.05) is 19.0 Å². The van der Waals surface area contributed by atoms with Crippen LogP contribution in [0.4, 0.5) is 0 Å². The molecule has 0 aliphatic carbocycles. The van der Waals surface area contributed by atoms with Crippen molar-refractivity contribution in [2.75, 3.05) is 13.1 Å². The lowest BCUT2D eigenvalue weighted by Gasteiger charge is -2.42. The average molecular weight is 260 g/mol. The molecule has 1 saturated heterocycles. The fraction of sp³-hybridized carbons (Fsp3) is 0.636. The Morgan fingerprint density at radius 1 is 1.65 bits per heavy atom. The second-order valence-corrected chi connectivity index (χ2v) is 5.00. The third-order valence-corrected chi connectivity index (χ3v) is 3.26. The number of amides is 1. The lowest BCUT2D eigenvalue weighted by Crippen LogP contribution is -2.54. The van der Waals surface area contributed by atoms with E-state index in [0.717, 1.165) is 6.42 Å². The maximum Gasteiger partial charge on any atom is 0.276 e. The van der Waals surface area contributed by atoms with Crippen molar-refractivity contribution in [3.05, 3.63) is 18.0 Å². The van der Waals surface area contributed by atoms with Crippen LogP contribution in [0.5, 0.6) is 0 Å². The van der Waals surface area contributed by atoms with Gasteiger partial charge in [0.1, 0.15) is 6.26 Å². The summed E-state index contributed by atoms with van der Waals surface area (Å²) in [5.74, 6) is -0.0753. The number of nitrogens with two attached hydrogens (primary N) is 1. The molecule has 6 heteroatoms. The summed E-state index contributed by atoms with van der Waals surface area (Å²) in [6, 6.07) is 1.73. The van der Waals surface area contributed by atoms with E-state index in [0.29, 0.717) is 18.8 Å². The standard InChI is InChI=1S/C11H17N3O2.ClH/c1-11(2)7-14(5-3-9(11)12)10(15)8-4-6-16-13-8;/h4,6,9H,3,5,7,12H2,1-2H3;1H. The smallest absolute Gasteiger partial charge is 0.276 e. The molecule has 0 spiro atoms. The lowest BCUT2D eigenvalue weighted by atomic mass is 9.79. The lowest BCUT2D eigenvalue weighted by molar-refractivity contribution is 0.0523. The van der Waals surface area contributed by atoms with E-state index in [1.165, 1.54) is 6.26 Å². The molecule has 0 aromatic carbocycles. The van der Waals surface area contributed by atoms with E-state index in [4.69, 9.17) is 5.73 Å². The number of likely N-dealkylation sites (tertiary alicyclic amines) is 1. The van der Waals surface area contributed by atoms with Crippen LogP contribution in [0.1, 0.15) is 30.8 Å². The van der Waals surface area contributed by atoms with E-state index in [9.17, 15) is 4.79 Å². The van der Waals surface area contributed by atoms with E-state index in [-0.39, 0.29) is 29.8 Å². The number of hydrogen-bond acceptors (Lipinski definition) is 4. The predicted molar refractivity (Wildman–Crippen MR) is 66.0 cm³/mol. The van der Waals surface area contributed by atoms with Gasteiger partial charge in [0.2, 0.25) is 0 Å². The van der Waals surface area contributed by atoms with Crippen molar-refractivity contribution >= 4 is 18.3 Å². The zero-order chi connectivity index (χ0) is 11.8. The molecule has 1 aromatic heterocycles. The van der Waals surface area contributed by atoms with Gasteiger partial charge in [-0.3, -0.25) is 4.79 Å². The fourth-order valence-electron chi connectivity index (χ4n) is 2.03. The second kappa shape index (κ2) is 5.06. The highest BCUT2D eigenvalue weighted by Crippen LogP contribution is 2.28. The number of rotatable bonds is 1. The number of aromatic nitrogens is 1. The number of piperidine rings is 1. The van der Waals surface area contributed by atoms with Crippen LogP contribution in [0.2, 0.25) is 0 Å². The van der Waals surface area contributed by atoms with E-state index in [1.54, 1.807) is 11.0 Å². The van der Waals surface area contributed by atoms with Gasteiger partial charge in [0.25, 0.3) is 5.91 Å². The Hall–Kier alpha value is -1.07. The molecule has 1 aromatic rings. The van der Waals surface area contributed by atoms with Crippen molar-refractivity contribution in [1.29, 1.82) is 0 Å². The number of hydrogen-bond donors (Lipinski definition) is 1. The SMILES string of the molecule is CC1(C)CN(C(=O)c2ccon2)CCC1N.Cl. The van der Waals surface area contributed by atoms with Gasteiger partial charge < -0.3 is 15.2 Å².